The summed E-state index contributed by atoms with van der Waals surface area (Å²) in [5.41, 5.74) is 0. The van der Waals surface area contributed by atoms with Crippen LogP contribution >= 0.6 is 0 Å². The van der Waals surface area contributed by atoms with Gasteiger partial charge in [-0.3, -0.25) is 38.5 Å². The van der Waals surface area contributed by atoms with E-state index in [9.17, 15) is 38.4 Å². The van der Waals surface area contributed by atoms with Crippen LogP contribution in [0.25, 0.3) is 0 Å². The number of likely N-dealkylation sites (N-methyl/N-ethyl adjacent to an activating group) is 5. The molecule has 0 aliphatic rings. The van der Waals surface area contributed by atoms with E-state index in [-0.39, 0.29) is 30.2 Å². The van der Waals surface area contributed by atoms with Crippen molar-refractivity contribution in [1.29, 1.82) is 0 Å². The molecule has 0 heterocycles. The molecule has 0 rings (SSSR count). The Labute approximate surface area is 297 Å². The standard InChI is InChI=1S/C34H62N8O8/c1-15-16-25(43)39(11)18-26(44)41(13)28(21(6)7)31(47)38-27(20(4)5)33(49)42(14)34(50)37-22(8)29(45)36-23(9)32(48)40(12)24(17-19(2)3)30(46)35-10/h19-24,27-28H,15-18H2,1-14H3,(H,35,46)(H,36,45)(H,37,50)(H,38,47)/t22-,23+,24-,27-,28-/m0/s1. The van der Waals surface area contributed by atoms with E-state index < -0.39 is 71.7 Å². The highest BCUT2D eigenvalue weighted by atomic mass is 16.2. The highest BCUT2D eigenvalue weighted by Gasteiger charge is 2.37. The van der Waals surface area contributed by atoms with Crippen LogP contribution in [-0.4, -0.2) is 139 Å². The molecule has 0 unspecified atom stereocenters. The molecule has 9 amide bonds. The molecule has 0 aromatic rings. The van der Waals surface area contributed by atoms with E-state index in [4.69, 9.17) is 0 Å². The van der Waals surface area contributed by atoms with Gasteiger partial charge in [-0.15, -0.1) is 0 Å². The molecule has 0 bridgehead atoms. The zero-order valence-electron chi connectivity index (χ0n) is 32.5. The Kier molecular flexibility index (Phi) is 19.3. The highest BCUT2D eigenvalue weighted by Crippen LogP contribution is 2.15. The maximum Gasteiger partial charge on any atom is 0.324 e. The number of amides is 9. The quantitative estimate of drug-likeness (QED) is 0.158. The average molecular weight is 711 g/mol. The number of imide groups is 1. The molecule has 50 heavy (non-hydrogen) atoms. The second-order valence-electron chi connectivity index (χ2n) is 13.9. The molecule has 16 heteroatoms. The molecule has 0 aliphatic heterocycles. The summed E-state index contributed by atoms with van der Waals surface area (Å²) in [6, 6.07) is -5.98. The SMILES string of the molecule is CCCC(=O)N(C)CC(=O)N(C)[C@H](C(=O)N[C@H](C(=O)N(C)C(=O)N[C@@H](C)C(=O)N[C@H](C)C(=O)N(C)[C@@H](CC(C)C)C(=O)NC)C(C)C)C(C)C. The van der Waals surface area contributed by atoms with Crippen molar-refractivity contribution >= 4 is 47.4 Å². The van der Waals surface area contributed by atoms with E-state index in [1.54, 1.807) is 27.7 Å². The second kappa shape index (κ2) is 21.1. The number of carbonyl (C=O) groups excluding carboxylic acids is 8. The van der Waals surface area contributed by atoms with Crippen molar-refractivity contribution in [2.45, 2.75) is 112 Å². The van der Waals surface area contributed by atoms with Crippen LogP contribution in [0, 0.1) is 17.8 Å². The van der Waals surface area contributed by atoms with E-state index in [1.807, 2.05) is 20.8 Å². The first-order valence-electron chi connectivity index (χ1n) is 17.2. The van der Waals surface area contributed by atoms with Gasteiger partial charge in [-0.2, -0.15) is 0 Å². The number of nitrogens with one attached hydrogen (secondary N) is 4. The van der Waals surface area contributed by atoms with Crippen LogP contribution in [-0.2, 0) is 33.6 Å². The van der Waals surface area contributed by atoms with Crippen LogP contribution < -0.4 is 21.3 Å². The minimum absolute atomic E-state index is 0.124. The summed E-state index contributed by atoms with van der Waals surface area (Å²) in [5, 5.41) is 10.2. The summed E-state index contributed by atoms with van der Waals surface area (Å²) >= 11 is 0. The van der Waals surface area contributed by atoms with E-state index >= 15 is 0 Å². The monoisotopic (exact) mass is 710 g/mol. The molecule has 0 fully saturated rings. The van der Waals surface area contributed by atoms with Crippen molar-refractivity contribution in [2.24, 2.45) is 17.8 Å². The Balaban J connectivity index is 5.62. The van der Waals surface area contributed by atoms with Crippen LogP contribution in [0.15, 0.2) is 0 Å². The summed E-state index contributed by atoms with van der Waals surface area (Å²) in [6.45, 7) is 15.2. The van der Waals surface area contributed by atoms with Gasteiger partial charge >= 0.3 is 6.03 Å². The minimum atomic E-state index is -1.16. The fourth-order valence-corrected chi connectivity index (χ4v) is 5.21. The number of hydrogen-bond donors (Lipinski definition) is 4. The third-order valence-electron chi connectivity index (χ3n) is 8.36. The Hall–Kier alpha value is -4.24. The number of rotatable bonds is 18. The van der Waals surface area contributed by atoms with Gasteiger partial charge in [-0.25, -0.2) is 4.79 Å². The zero-order chi connectivity index (χ0) is 39.2. The van der Waals surface area contributed by atoms with Gasteiger partial charge in [0.2, 0.25) is 35.4 Å². The molecule has 0 aromatic heterocycles. The predicted octanol–water partition coefficient (Wildman–Crippen LogP) is 0.549. The van der Waals surface area contributed by atoms with Gasteiger partial charge < -0.3 is 36.0 Å². The molecule has 0 aliphatic carbocycles. The van der Waals surface area contributed by atoms with Gasteiger partial charge in [0, 0.05) is 41.7 Å². The van der Waals surface area contributed by atoms with E-state index in [0.29, 0.717) is 19.3 Å². The smallest absolute Gasteiger partial charge is 0.324 e. The van der Waals surface area contributed by atoms with E-state index in [2.05, 4.69) is 21.3 Å². The summed E-state index contributed by atoms with van der Waals surface area (Å²) < 4.78 is 0. The molecule has 286 valence electrons. The number of hydrogen-bond acceptors (Lipinski definition) is 8. The van der Waals surface area contributed by atoms with Gasteiger partial charge in [0.05, 0.1) is 6.54 Å². The molecule has 16 nitrogen and oxygen atoms in total. The second-order valence-corrected chi connectivity index (χ2v) is 13.9. The predicted molar refractivity (Wildman–Crippen MR) is 189 cm³/mol. The van der Waals surface area contributed by atoms with Gasteiger partial charge in [0.15, 0.2) is 0 Å². The van der Waals surface area contributed by atoms with Crippen molar-refractivity contribution in [3.05, 3.63) is 0 Å². The van der Waals surface area contributed by atoms with Gasteiger partial charge in [0.1, 0.15) is 30.2 Å². The Bertz CT molecular complexity index is 1220. The van der Waals surface area contributed by atoms with E-state index in [0.717, 1.165) is 4.90 Å². The fraction of sp³-hybridized carbons (Fsp3) is 0.765. The van der Waals surface area contributed by atoms with E-state index in [1.165, 1.54) is 63.8 Å². The molecule has 0 saturated heterocycles. The minimum Gasteiger partial charge on any atom is -0.357 e. The molecular weight excluding hydrogens is 648 g/mol. The van der Waals surface area contributed by atoms with Crippen LogP contribution in [0.1, 0.15) is 81.6 Å². The van der Waals surface area contributed by atoms with Crippen LogP contribution in [0.3, 0.4) is 0 Å². The van der Waals surface area contributed by atoms with Crippen LogP contribution in [0.5, 0.6) is 0 Å². The van der Waals surface area contributed by atoms with Crippen molar-refractivity contribution in [3.63, 3.8) is 0 Å². The van der Waals surface area contributed by atoms with Crippen LogP contribution in [0.2, 0.25) is 0 Å². The van der Waals surface area contributed by atoms with Gasteiger partial charge in [-0.1, -0.05) is 48.5 Å². The number of urea groups is 1. The normalized spacial score (nSPS) is 14.1. The molecule has 0 spiro atoms. The topological polar surface area (TPSA) is 198 Å². The summed E-state index contributed by atoms with van der Waals surface area (Å²) in [6.07, 6.45) is 1.34. The lowest BCUT2D eigenvalue weighted by Gasteiger charge is -2.34. The first kappa shape index (κ1) is 45.8. The highest BCUT2D eigenvalue weighted by molar-refractivity contribution is 6.01. The van der Waals surface area contributed by atoms with Crippen molar-refractivity contribution in [3.8, 4) is 0 Å². The third-order valence-corrected chi connectivity index (χ3v) is 8.36. The first-order chi connectivity index (χ1) is 23.0. The lowest BCUT2D eigenvalue weighted by molar-refractivity contribution is -0.145. The molecule has 5 atom stereocenters. The largest absolute Gasteiger partial charge is 0.357 e. The lowest BCUT2D eigenvalue weighted by Crippen LogP contribution is -2.60. The maximum atomic E-state index is 13.5. The van der Waals surface area contributed by atoms with Gasteiger partial charge in [-0.05, 0) is 44.4 Å². The number of nitrogens with zero attached hydrogens (tertiary/aromatic N) is 4. The first-order valence-corrected chi connectivity index (χ1v) is 17.2. The molecule has 0 radical (unpaired) electrons. The third kappa shape index (κ3) is 13.6. The van der Waals surface area contributed by atoms with Gasteiger partial charge in [0.25, 0.3) is 5.91 Å². The number of carbonyl (C=O) groups is 8. The summed E-state index contributed by atoms with van der Waals surface area (Å²) in [5.74, 6) is -4.24. The van der Waals surface area contributed by atoms with Crippen LogP contribution in [0.4, 0.5) is 4.79 Å². The zero-order valence-corrected chi connectivity index (χ0v) is 32.5. The average Bonchev–Trinajstić information content (AvgIpc) is 3.03. The molecular formula is C34H62N8O8. The molecule has 0 saturated carbocycles. The van der Waals surface area contributed by atoms with Crippen molar-refractivity contribution in [2.75, 3.05) is 41.8 Å². The Morgan fingerprint density at radius 3 is 1.64 bits per heavy atom. The van der Waals surface area contributed by atoms with Crippen molar-refractivity contribution in [1.82, 2.24) is 40.9 Å². The lowest BCUT2D eigenvalue weighted by atomic mass is 9.98. The maximum absolute atomic E-state index is 13.5. The summed E-state index contributed by atoms with van der Waals surface area (Å²) in [4.78, 5) is 108. The van der Waals surface area contributed by atoms with Crippen molar-refractivity contribution < 1.29 is 38.4 Å². The molecule has 0 aromatic carbocycles. The molecule has 4 N–H and O–H groups in total. The fourth-order valence-electron chi connectivity index (χ4n) is 5.21. The Morgan fingerprint density at radius 2 is 1.18 bits per heavy atom. The summed E-state index contributed by atoms with van der Waals surface area (Å²) in [7, 11) is 7.15. The Morgan fingerprint density at radius 1 is 0.620 bits per heavy atom.